The Morgan fingerprint density at radius 1 is 0.939 bits per heavy atom. The van der Waals surface area contributed by atoms with E-state index in [-0.39, 0.29) is 11.9 Å². The molecule has 6 nitrogen and oxygen atoms in total. The molecule has 2 aromatic carbocycles. The van der Waals surface area contributed by atoms with Gasteiger partial charge >= 0.3 is 0 Å². The molecule has 1 saturated heterocycles. The molecular formula is C26H27ClN4O2. The molecule has 1 amide bonds. The van der Waals surface area contributed by atoms with Crippen LogP contribution in [0.4, 0.5) is 0 Å². The summed E-state index contributed by atoms with van der Waals surface area (Å²) in [5, 5.41) is 7.01. The van der Waals surface area contributed by atoms with Crippen LogP contribution in [0.15, 0.2) is 82.5 Å². The molecule has 1 fully saturated rings. The average molecular weight is 463 g/mol. The molecule has 0 saturated carbocycles. The second-order valence-corrected chi connectivity index (χ2v) is 9.00. The second-order valence-electron chi connectivity index (χ2n) is 8.57. The summed E-state index contributed by atoms with van der Waals surface area (Å²) in [5.41, 5.74) is 3.17. The molecule has 1 atom stereocenters. The van der Waals surface area contributed by atoms with Gasteiger partial charge < -0.3 is 4.42 Å². The summed E-state index contributed by atoms with van der Waals surface area (Å²) < 4.78 is 5.65. The van der Waals surface area contributed by atoms with E-state index in [4.69, 9.17) is 21.1 Å². The third-order valence-corrected chi connectivity index (χ3v) is 6.54. The van der Waals surface area contributed by atoms with Gasteiger partial charge in [-0.15, -0.1) is 0 Å². The fraction of sp³-hybridized carbons (Fsp3) is 0.308. The minimum Gasteiger partial charge on any atom is -0.467 e. The van der Waals surface area contributed by atoms with Gasteiger partial charge in [0.1, 0.15) is 11.8 Å². The third kappa shape index (κ3) is 5.19. The van der Waals surface area contributed by atoms with Crippen LogP contribution in [0.5, 0.6) is 0 Å². The zero-order valence-electron chi connectivity index (χ0n) is 18.4. The Kier molecular flexibility index (Phi) is 6.58. The predicted molar refractivity (Wildman–Crippen MR) is 129 cm³/mol. The van der Waals surface area contributed by atoms with Crippen molar-refractivity contribution >= 4 is 23.2 Å². The van der Waals surface area contributed by atoms with Gasteiger partial charge in [-0.3, -0.25) is 14.6 Å². The molecule has 0 aliphatic carbocycles. The van der Waals surface area contributed by atoms with E-state index in [0.717, 1.165) is 49.8 Å². The summed E-state index contributed by atoms with van der Waals surface area (Å²) in [6, 6.07) is 21.6. The Balaban J connectivity index is 1.23. The highest BCUT2D eigenvalue weighted by Crippen LogP contribution is 2.33. The van der Waals surface area contributed by atoms with Crippen LogP contribution in [-0.4, -0.2) is 59.2 Å². The first-order valence-corrected chi connectivity index (χ1v) is 11.7. The van der Waals surface area contributed by atoms with E-state index in [9.17, 15) is 4.79 Å². The van der Waals surface area contributed by atoms with Crippen molar-refractivity contribution in [3.63, 3.8) is 0 Å². The minimum atomic E-state index is -0.224. The predicted octanol–water partition coefficient (Wildman–Crippen LogP) is 4.43. The Hall–Kier alpha value is -2.93. The molecule has 2 aliphatic heterocycles. The normalized spacial score (nSPS) is 19.6. The molecule has 2 aliphatic rings. The molecule has 5 rings (SSSR count). The van der Waals surface area contributed by atoms with Gasteiger partial charge in [0, 0.05) is 44.2 Å². The molecule has 3 heterocycles. The highest BCUT2D eigenvalue weighted by atomic mass is 35.5. The number of benzene rings is 2. The lowest BCUT2D eigenvalue weighted by molar-refractivity contribution is -0.135. The van der Waals surface area contributed by atoms with Crippen molar-refractivity contribution in [3.05, 3.63) is 94.9 Å². The minimum absolute atomic E-state index is 0.00290. The van der Waals surface area contributed by atoms with Gasteiger partial charge in [-0.05, 0) is 35.4 Å². The number of nitrogens with zero attached hydrogens (tertiary/aromatic N) is 4. The summed E-state index contributed by atoms with van der Waals surface area (Å²) >= 11 is 6.04. The van der Waals surface area contributed by atoms with Gasteiger partial charge in [0.25, 0.3) is 5.91 Å². The summed E-state index contributed by atoms with van der Waals surface area (Å²) in [6.07, 6.45) is 2.26. The number of hydrogen-bond donors (Lipinski definition) is 0. The van der Waals surface area contributed by atoms with E-state index >= 15 is 0 Å². The summed E-state index contributed by atoms with van der Waals surface area (Å²) in [5.74, 6) is 0.751. The fourth-order valence-electron chi connectivity index (χ4n) is 4.47. The number of carbonyl (C=O) groups is 1. The number of amides is 1. The first-order valence-electron chi connectivity index (χ1n) is 11.3. The van der Waals surface area contributed by atoms with Gasteiger partial charge in [0.05, 0.1) is 18.5 Å². The highest BCUT2D eigenvalue weighted by Gasteiger charge is 2.35. The molecule has 1 aromatic heterocycles. The maximum atomic E-state index is 13.3. The molecule has 3 aromatic rings. The lowest BCUT2D eigenvalue weighted by atomic mass is 10.0. The van der Waals surface area contributed by atoms with Crippen LogP contribution in [0.25, 0.3) is 0 Å². The van der Waals surface area contributed by atoms with Gasteiger partial charge in [0.15, 0.2) is 0 Å². The van der Waals surface area contributed by atoms with Gasteiger partial charge in [-0.25, -0.2) is 5.01 Å². The molecule has 0 N–H and O–H groups in total. The van der Waals surface area contributed by atoms with Crippen molar-refractivity contribution in [2.75, 3.05) is 32.7 Å². The fourth-order valence-corrected chi connectivity index (χ4v) is 4.60. The molecule has 33 heavy (non-hydrogen) atoms. The van der Waals surface area contributed by atoms with E-state index in [0.29, 0.717) is 18.0 Å². The van der Waals surface area contributed by atoms with Crippen molar-refractivity contribution in [3.8, 4) is 0 Å². The molecule has 0 bridgehead atoms. The highest BCUT2D eigenvalue weighted by molar-refractivity contribution is 6.30. The van der Waals surface area contributed by atoms with Crippen molar-refractivity contribution in [1.29, 1.82) is 0 Å². The first-order chi connectivity index (χ1) is 16.2. The van der Waals surface area contributed by atoms with Crippen LogP contribution < -0.4 is 0 Å². The first kappa shape index (κ1) is 21.9. The summed E-state index contributed by atoms with van der Waals surface area (Å²) in [7, 11) is 0. The SMILES string of the molecule is O=C(CN1CCN(Cc2ccccc2)CC1)N1N=C(c2ccc(Cl)cc2)C[C@@H]1c1ccco1. The van der Waals surface area contributed by atoms with Crippen LogP contribution in [-0.2, 0) is 11.3 Å². The third-order valence-electron chi connectivity index (χ3n) is 6.29. The largest absolute Gasteiger partial charge is 0.467 e. The van der Waals surface area contributed by atoms with Crippen molar-refractivity contribution < 1.29 is 9.21 Å². The van der Waals surface area contributed by atoms with Crippen LogP contribution in [0, 0.1) is 0 Å². The lowest BCUT2D eigenvalue weighted by Crippen LogP contribution is -2.49. The van der Waals surface area contributed by atoms with Gasteiger partial charge in [-0.2, -0.15) is 5.10 Å². The number of hydrogen-bond acceptors (Lipinski definition) is 5. The van der Waals surface area contributed by atoms with Crippen LogP contribution in [0.1, 0.15) is 29.3 Å². The number of hydrazone groups is 1. The summed E-state index contributed by atoms with van der Waals surface area (Å²) in [6.45, 7) is 4.93. The van der Waals surface area contributed by atoms with E-state index in [1.807, 2.05) is 42.5 Å². The van der Waals surface area contributed by atoms with E-state index in [1.165, 1.54) is 5.56 Å². The lowest BCUT2D eigenvalue weighted by Gasteiger charge is -2.35. The van der Waals surface area contributed by atoms with Gasteiger partial charge in [-0.1, -0.05) is 54.1 Å². The quantitative estimate of drug-likeness (QED) is 0.544. The number of rotatable bonds is 6. The van der Waals surface area contributed by atoms with Crippen LogP contribution in [0.2, 0.25) is 5.02 Å². The molecular weight excluding hydrogens is 436 g/mol. The van der Waals surface area contributed by atoms with Crippen molar-refractivity contribution in [1.82, 2.24) is 14.8 Å². The Morgan fingerprint density at radius 3 is 2.36 bits per heavy atom. The van der Waals surface area contributed by atoms with Gasteiger partial charge in [0.2, 0.25) is 0 Å². The van der Waals surface area contributed by atoms with E-state index < -0.39 is 0 Å². The van der Waals surface area contributed by atoms with Crippen molar-refractivity contribution in [2.24, 2.45) is 5.10 Å². The Morgan fingerprint density at radius 2 is 1.67 bits per heavy atom. The van der Waals surface area contributed by atoms with Crippen LogP contribution >= 0.6 is 11.6 Å². The molecule has 0 unspecified atom stereocenters. The molecule has 0 spiro atoms. The topological polar surface area (TPSA) is 52.3 Å². The Labute approximate surface area is 199 Å². The second kappa shape index (κ2) is 9.91. The monoisotopic (exact) mass is 462 g/mol. The number of carbonyl (C=O) groups excluding carboxylic acids is 1. The summed E-state index contributed by atoms with van der Waals surface area (Å²) in [4.78, 5) is 18.0. The smallest absolute Gasteiger partial charge is 0.257 e. The average Bonchev–Trinajstić information content (AvgIpc) is 3.52. The maximum absolute atomic E-state index is 13.3. The van der Waals surface area contributed by atoms with E-state index in [1.54, 1.807) is 11.3 Å². The van der Waals surface area contributed by atoms with Crippen molar-refractivity contribution in [2.45, 2.75) is 19.0 Å². The molecule has 7 heteroatoms. The number of piperazine rings is 1. The number of halogens is 1. The Bertz CT molecular complexity index is 1090. The zero-order chi connectivity index (χ0) is 22.6. The molecule has 0 radical (unpaired) electrons. The standard InChI is InChI=1S/C26H27ClN4O2/c27-22-10-8-21(9-11-22)23-17-24(25-7-4-16-33-25)31(28-23)26(32)19-30-14-12-29(13-15-30)18-20-5-2-1-3-6-20/h1-11,16,24H,12-15,17-19H2/t24-/m1/s1. The maximum Gasteiger partial charge on any atom is 0.257 e. The van der Waals surface area contributed by atoms with E-state index in [2.05, 4.69) is 34.1 Å². The van der Waals surface area contributed by atoms with Crippen LogP contribution in [0.3, 0.4) is 0 Å². The molecule has 170 valence electrons. The zero-order valence-corrected chi connectivity index (χ0v) is 19.2. The number of furan rings is 1.